The van der Waals surface area contributed by atoms with Crippen LogP contribution < -0.4 is 0 Å². The Morgan fingerprint density at radius 2 is 1.60 bits per heavy atom. The first kappa shape index (κ1) is 27.9. The van der Waals surface area contributed by atoms with Gasteiger partial charge in [0.25, 0.3) is 0 Å². The summed E-state index contributed by atoms with van der Waals surface area (Å²) in [5.41, 5.74) is 13.1. The Hall–Kier alpha value is -5.35. The van der Waals surface area contributed by atoms with Crippen molar-refractivity contribution in [3.63, 3.8) is 0 Å². The van der Waals surface area contributed by atoms with E-state index in [9.17, 15) is 0 Å². The van der Waals surface area contributed by atoms with Gasteiger partial charge in [-0.05, 0) is 78.7 Å². The van der Waals surface area contributed by atoms with Gasteiger partial charge in [-0.3, -0.25) is 4.40 Å². The van der Waals surface area contributed by atoms with Crippen LogP contribution in [0.2, 0.25) is 0 Å². The van der Waals surface area contributed by atoms with Crippen molar-refractivity contribution in [2.45, 2.75) is 44.1 Å². The quantitative estimate of drug-likeness (QED) is 0.198. The lowest BCUT2D eigenvalue weighted by atomic mass is 9.83. The van der Waals surface area contributed by atoms with Crippen LogP contribution in [0.25, 0.3) is 33.3 Å². The molecule has 0 spiro atoms. The zero-order valence-electron chi connectivity index (χ0n) is 26.6. The van der Waals surface area contributed by atoms with Crippen LogP contribution in [0.5, 0.6) is 0 Å². The lowest BCUT2D eigenvalue weighted by Crippen LogP contribution is -2.41. The number of allylic oxidation sites excluding steroid dienone is 9. The van der Waals surface area contributed by atoms with Crippen molar-refractivity contribution in [3.05, 3.63) is 167 Å². The number of benzene rings is 3. The van der Waals surface area contributed by atoms with Crippen molar-refractivity contribution in [1.82, 2.24) is 9.30 Å². The van der Waals surface area contributed by atoms with Crippen LogP contribution in [-0.2, 0) is 0 Å². The van der Waals surface area contributed by atoms with E-state index < -0.39 is 0 Å². The van der Waals surface area contributed by atoms with Gasteiger partial charge < -0.3 is 9.32 Å². The Morgan fingerprint density at radius 1 is 0.809 bits per heavy atom. The van der Waals surface area contributed by atoms with Crippen LogP contribution in [0.15, 0.2) is 165 Å². The number of aromatic nitrogens is 1. The molecule has 4 heteroatoms. The first-order chi connectivity index (χ1) is 23.2. The number of para-hydroxylation sites is 3. The topological polar surface area (TPSA) is 33.1 Å². The highest BCUT2D eigenvalue weighted by atomic mass is 16.3. The van der Waals surface area contributed by atoms with Crippen molar-refractivity contribution in [3.8, 4) is 0 Å². The standard InChI is InChI=1S/C43H37N3O/c1-45-39(34-18-12-17-33(27-34)29-13-4-2-5-14-29)28-36(44-42(45)32-15-6-3-7-16-32)30-23-25-31(26-24-30)41-35-19-8-9-20-37(35)46-38-21-10-11-22-40(38)47-43(41)46/h2,4-6,8-23,25,28,33,39H,3,7,24,26-27H2,1H3. The third-order valence-electron chi connectivity index (χ3n) is 10.2. The Bertz CT molecular complexity index is 2300. The van der Waals surface area contributed by atoms with Crippen molar-refractivity contribution in [2.24, 2.45) is 4.99 Å². The third-order valence-corrected chi connectivity index (χ3v) is 10.2. The minimum atomic E-state index is 0.141. The lowest BCUT2D eigenvalue weighted by Gasteiger charge is -2.37. The minimum absolute atomic E-state index is 0.141. The number of hydrogen-bond acceptors (Lipinski definition) is 3. The number of rotatable bonds is 5. The van der Waals surface area contributed by atoms with E-state index in [4.69, 9.17) is 9.41 Å². The van der Waals surface area contributed by atoms with E-state index in [2.05, 4.69) is 144 Å². The van der Waals surface area contributed by atoms with Gasteiger partial charge >= 0.3 is 0 Å². The van der Waals surface area contributed by atoms with Gasteiger partial charge in [0.1, 0.15) is 5.84 Å². The highest BCUT2D eigenvalue weighted by Gasteiger charge is 2.30. The number of oxazole rings is 1. The molecule has 2 aromatic heterocycles. The smallest absolute Gasteiger partial charge is 0.213 e. The SMILES string of the molecule is CN1C(C2=CCCC=C2)=NC(C2=CC=C(c3c4ccccc4n4c3oc3ccccc34)CC2)=CC1C1=CC=CC(c2ccccc2)C1. The van der Waals surface area contributed by atoms with E-state index in [-0.39, 0.29) is 6.04 Å². The maximum atomic E-state index is 6.52. The summed E-state index contributed by atoms with van der Waals surface area (Å²) in [5.74, 6) is 1.44. The van der Waals surface area contributed by atoms with Gasteiger partial charge in [-0.15, -0.1) is 0 Å². The molecule has 9 rings (SSSR count). The number of aliphatic imine (C=N–C) groups is 1. The Morgan fingerprint density at radius 3 is 2.43 bits per heavy atom. The van der Waals surface area contributed by atoms with Gasteiger partial charge in [-0.1, -0.05) is 109 Å². The first-order valence-corrected chi connectivity index (χ1v) is 16.9. The molecule has 230 valence electrons. The Balaban J connectivity index is 1.11. The maximum Gasteiger partial charge on any atom is 0.213 e. The van der Waals surface area contributed by atoms with Crippen LogP contribution in [0.1, 0.15) is 49.1 Å². The normalized spacial score (nSPS) is 21.4. The summed E-state index contributed by atoms with van der Waals surface area (Å²) >= 11 is 0. The van der Waals surface area contributed by atoms with Gasteiger partial charge in [0.2, 0.25) is 5.71 Å². The molecule has 0 amide bonds. The molecule has 0 N–H and O–H groups in total. The fraction of sp³-hybridized carbons (Fsp3) is 0.186. The molecule has 2 unspecified atom stereocenters. The van der Waals surface area contributed by atoms with E-state index in [0.29, 0.717) is 5.92 Å². The average molecular weight is 612 g/mol. The van der Waals surface area contributed by atoms with E-state index in [1.54, 1.807) is 0 Å². The highest BCUT2D eigenvalue weighted by Crippen LogP contribution is 2.42. The maximum absolute atomic E-state index is 6.52. The summed E-state index contributed by atoms with van der Waals surface area (Å²) < 4.78 is 8.80. The molecule has 1 aliphatic heterocycles. The van der Waals surface area contributed by atoms with Crippen LogP contribution >= 0.6 is 0 Å². The molecule has 2 atom stereocenters. The van der Waals surface area contributed by atoms with Crippen LogP contribution in [0, 0.1) is 0 Å². The molecule has 3 aliphatic carbocycles. The predicted octanol–water partition coefficient (Wildman–Crippen LogP) is 10.5. The fourth-order valence-corrected chi connectivity index (χ4v) is 7.81. The van der Waals surface area contributed by atoms with Crippen LogP contribution in [-0.4, -0.2) is 28.2 Å². The summed E-state index contributed by atoms with van der Waals surface area (Å²) in [6.45, 7) is 0. The minimum Gasteiger partial charge on any atom is -0.438 e. The molecular formula is C43H37N3O. The van der Waals surface area contributed by atoms with Gasteiger partial charge in [-0.25, -0.2) is 4.99 Å². The Kier molecular flexibility index (Phi) is 6.81. The monoisotopic (exact) mass is 611 g/mol. The van der Waals surface area contributed by atoms with E-state index in [0.717, 1.165) is 60.4 Å². The van der Waals surface area contributed by atoms with Crippen LogP contribution in [0.3, 0.4) is 0 Å². The number of likely N-dealkylation sites (N-methyl/N-ethyl adjacent to an activating group) is 1. The molecular weight excluding hydrogens is 574 g/mol. The van der Waals surface area contributed by atoms with Crippen molar-refractivity contribution >= 4 is 39.1 Å². The molecule has 47 heavy (non-hydrogen) atoms. The van der Waals surface area contributed by atoms with Gasteiger partial charge in [0.05, 0.1) is 22.8 Å². The van der Waals surface area contributed by atoms with Crippen molar-refractivity contribution in [1.29, 1.82) is 0 Å². The van der Waals surface area contributed by atoms with Gasteiger partial charge in [0, 0.05) is 29.5 Å². The number of nitrogens with zero attached hydrogens (tertiary/aromatic N) is 3. The third kappa shape index (κ3) is 4.79. The van der Waals surface area contributed by atoms with E-state index in [1.807, 2.05) is 6.07 Å². The van der Waals surface area contributed by atoms with E-state index >= 15 is 0 Å². The number of fused-ring (bicyclic) bond motifs is 5. The Labute approximate surface area is 275 Å². The summed E-state index contributed by atoms with van der Waals surface area (Å²) in [6.07, 6.45) is 25.8. The summed E-state index contributed by atoms with van der Waals surface area (Å²) in [6, 6.07) is 28.0. The molecule has 4 aliphatic rings. The van der Waals surface area contributed by atoms with Gasteiger partial charge in [-0.2, -0.15) is 0 Å². The molecule has 0 fully saturated rings. The second-order valence-corrected chi connectivity index (χ2v) is 13.0. The van der Waals surface area contributed by atoms with E-state index in [1.165, 1.54) is 44.3 Å². The summed E-state index contributed by atoms with van der Waals surface area (Å²) in [5, 5.41) is 1.24. The zero-order valence-corrected chi connectivity index (χ0v) is 26.6. The average Bonchev–Trinajstić information content (AvgIpc) is 3.67. The molecule has 4 nitrogen and oxygen atoms in total. The fourth-order valence-electron chi connectivity index (χ4n) is 7.81. The van der Waals surface area contributed by atoms with Gasteiger partial charge in [0.15, 0.2) is 5.58 Å². The molecule has 0 bridgehead atoms. The highest BCUT2D eigenvalue weighted by molar-refractivity contribution is 6.04. The molecule has 0 radical (unpaired) electrons. The first-order valence-electron chi connectivity index (χ1n) is 16.9. The summed E-state index contributed by atoms with van der Waals surface area (Å²) in [4.78, 5) is 7.75. The van der Waals surface area contributed by atoms with Crippen molar-refractivity contribution in [2.75, 3.05) is 7.05 Å². The zero-order chi connectivity index (χ0) is 31.3. The predicted molar refractivity (Wildman–Crippen MR) is 195 cm³/mol. The van der Waals surface area contributed by atoms with Crippen molar-refractivity contribution < 1.29 is 4.42 Å². The molecule has 3 aromatic carbocycles. The second kappa shape index (κ2) is 11.5. The second-order valence-electron chi connectivity index (χ2n) is 13.0. The molecule has 0 saturated heterocycles. The lowest BCUT2D eigenvalue weighted by molar-refractivity contribution is 0.446. The molecule has 5 aromatic rings. The largest absolute Gasteiger partial charge is 0.438 e. The number of amidine groups is 1. The molecule has 3 heterocycles. The number of hydrogen-bond donors (Lipinski definition) is 0. The van der Waals surface area contributed by atoms with Crippen LogP contribution in [0.4, 0.5) is 0 Å². The summed E-state index contributed by atoms with van der Waals surface area (Å²) in [7, 11) is 2.21. The molecule has 0 saturated carbocycles.